The maximum Gasteiger partial charge on any atom is 0.227 e. The number of β-amino-alcohol motifs (C(OH)–C–C–N with tert-alkyl or cyclic N) is 1. The Morgan fingerprint density at radius 3 is 2.82 bits per heavy atom. The van der Waals surface area contributed by atoms with Gasteiger partial charge in [0.25, 0.3) is 0 Å². The van der Waals surface area contributed by atoms with E-state index in [2.05, 4.69) is 4.90 Å². The SMILES string of the molecule is COc1cccc(CC(=O)N2C[C@@H](O)[C@H](N3CCCC3)C2)c1. The second-order valence-electron chi connectivity index (χ2n) is 6.20. The zero-order valence-electron chi connectivity index (χ0n) is 13.1. The first-order valence-corrected chi connectivity index (χ1v) is 8.00. The number of carbonyl (C=O) groups excluding carboxylic acids is 1. The molecule has 0 saturated carbocycles. The predicted molar refractivity (Wildman–Crippen MR) is 83.9 cm³/mol. The fourth-order valence-corrected chi connectivity index (χ4v) is 3.47. The van der Waals surface area contributed by atoms with Crippen LogP contribution in [0.2, 0.25) is 0 Å². The van der Waals surface area contributed by atoms with Crippen molar-refractivity contribution in [3.63, 3.8) is 0 Å². The number of rotatable bonds is 4. The lowest BCUT2D eigenvalue weighted by Gasteiger charge is -2.25. The molecule has 0 aromatic heterocycles. The summed E-state index contributed by atoms with van der Waals surface area (Å²) in [6.45, 7) is 3.17. The molecule has 1 aromatic carbocycles. The summed E-state index contributed by atoms with van der Waals surface area (Å²) >= 11 is 0. The van der Waals surface area contributed by atoms with Gasteiger partial charge in [-0.1, -0.05) is 12.1 Å². The molecule has 2 saturated heterocycles. The lowest BCUT2D eigenvalue weighted by molar-refractivity contribution is -0.129. The van der Waals surface area contributed by atoms with E-state index in [1.807, 2.05) is 24.3 Å². The number of hydrogen-bond donors (Lipinski definition) is 1. The standard InChI is InChI=1S/C17H24N2O3/c1-22-14-6-4-5-13(9-14)10-17(21)19-11-15(16(20)12-19)18-7-2-3-8-18/h4-6,9,15-16,20H,2-3,7-8,10-12H2,1H3/t15-,16-/m1/s1. The van der Waals surface area contributed by atoms with Gasteiger partial charge in [-0.25, -0.2) is 0 Å². The van der Waals surface area contributed by atoms with Crippen molar-refractivity contribution in [1.82, 2.24) is 9.80 Å². The molecule has 0 radical (unpaired) electrons. The molecule has 1 aromatic rings. The zero-order chi connectivity index (χ0) is 15.5. The average Bonchev–Trinajstić information content (AvgIpc) is 3.16. The van der Waals surface area contributed by atoms with Crippen LogP contribution in [0.15, 0.2) is 24.3 Å². The van der Waals surface area contributed by atoms with Crippen molar-refractivity contribution in [2.75, 3.05) is 33.3 Å². The molecule has 0 bridgehead atoms. The number of hydrogen-bond acceptors (Lipinski definition) is 4. The summed E-state index contributed by atoms with van der Waals surface area (Å²) in [7, 11) is 1.62. The van der Waals surface area contributed by atoms with Crippen LogP contribution < -0.4 is 4.74 Å². The molecule has 0 spiro atoms. The van der Waals surface area contributed by atoms with Crippen LogP contribution in [0, 0.1) is 0 Å². The lowest BCUT2D eigenvalue weighted by Crippen LogP contribution is -2.41. The molecule has 2 heterocycles. The van der Waals surface area contributed by atoms with E-state index in [0.717, 1.165) is 24.4 Å². The summed E-state index contributed by atoms with van der Waals surface area (Å²) in [4.78, 5) is 16.6. The fourth-order valence-electron chi connectivity index (χ4n) is 3.47. The molecule has 0 aliphatic carbocycles. The molecular formula is C17H24N2O3. The second-order valence-corrected chi connectivity index (χ2v) is 6.20. The molecular weight excluding hydrogens is 280 g/mol. The quantitative estimate of drug-likeness (QED) is 0.898. The molecule has 2 aliphatic heterocycles. The van der Waals surface area contributed by atoms with Crippen LogP contribution in [0.3, 0.4) is 0 Å². The third kappa shape index (κ3) is 3.25. The van der Waals surface area contributed by atoms with Gasteiger partial charge in [-0.3, -0.25) is 9.69 Å². The van der Waals surface area contributed by atoms with E-state index in [1.54, 1.807) is 12.0 Å². The van der Waals surface area contributed by atoms with Gasteiger partial charge in [-0.2, -0.15) is 0 Å². The second kappa shape index (κ2) is 6.67. The normalized spacial score (nSPS) is 25.6. The van der Waals surface area contributed by atoms with Crippen LogP contribution >= 0.6 is 0 Å². The van der Waals surface area contributed by atoms with Crippen molar-refractivity contribution >= 4 is 5.91 Å². The number of nitrogens with zero attached hydrogens (tertiary/aromatic N) is 2. The molecule has 1 amide bonds. The van der Waals surface area contributed by atoms with Crippen LogP contribution in [0.1, 0.15) is 18.4 Å². The number of methoxy groups -OCH3 is 1. The van der Waals surface area contributed by atoms with Crippen molar-refractivity contribution in [2.24, 2.45) is 0 Å². The number of carbonyl (C=O) groups is 1. The Morgan fingerprint density at radius 1 is 1.32 bits per heavy atom. The van der Waals surface area contributed by atoms with Gasteiger partial charge < -0.3 is 14.7 Å². The van der Waals surface area contributed by atoms with E-state index in [4.69, 9.17) is 4.74 Å². The summed E-state index contributed by atoms with van der Waals surface area (Å²) in [6, 6.07) is 7.70. The minimum Gasteiger partial charge on any atom is -0.497 e. The Kier molecular flexibility index (Phi) is 4.64. The highest BCUT2D eigenvalue weighted by Crippen LogP contribution is 2.22. The number of ether oxygens (including phenoxy) is 1. The van der Waals surface area contributed by atoms with E-state index >= 15 is 0 Å². The number of aliphatic hydroxyl groups is 1. The van der Waals surface area contributed by atoms with Gasteiger partial charge in [0, 0.05) is 13.1 Å². The highest BCUT2D eigenvalue weighted by atomic mass is 16.5. The smallest absolute Gasteiger partial charge is 0.227 e. The predicted octanol–water partition coefficient (Wildman–Crippen LogP) is 0.905. The Hall–Kier alpha value is -1.59. The van der Waals surface area contributed by atoms with Gasteiger partial charge in [0.05, 0.1) is 25.7 Å². The summed E-state index contributed by atoms with van der Waals surface area (Å²) in [5.41, 5.74) is 0.948. The number of likely N-dealkylation sites (tertiary alicyclic amines) is 2. The largest absolute Gasteiger partial charge is 0.497 e. The van der Waals surface area contributed by atoms with Crippen LogP contribution in [0.25, 0.3) is 0 Å². The molecule has 22 heavy (non-hydrogen) atoms. The van der Waals surface area contributed by atoms with Gasteiger partial charge >= 0.3 is 0 Å². The minimum atomic E-state index is -0.424. The van der Waals surface area contributed by atoms with Crippen molar-refractivity contribution in [3.8, 4) is 5.75 Å². The first-order valence-electron chi connectivity index (χ1n) is 8.00. The summed E-state index contributed by atoms with van der Waals surface area (Å²) < 4.78 is 5.19. The fraction of sp³-hybridized carbons (Fsp3) is 0.588. The summed E-state index contributed by atoms with van der Waals surface area (Å²) in [5, 5.41) is 10.3. The van der Waals surface area contributed by atoms with Gasteiger partial charge in [-0.05, 0) is 43.6 Å². The lowest BCUT2D eigenvalue weighted by atomic mass is 10.1. The molecule has 5 nitrogen and oxygen atoms in total. The first-order chi connectivity index (χ1) is 10.7. The maximum atomic E-state index is 12.5. The van der Waals surface area contributed by atoms with Crippen molar-refractivity contribution in [2.45, 2.75) is 31.4 Å². The van der Waals surface area contributed by atoms with Gasteiger partial charge in [0.15, 0.2) is 0 Å². The summed E-state index contributed by atoms with van der Waals surface area (Å²) in [5.74, 6) is 0.843. The van der Waals surface area contributed by atoms with E-state index in [0.29, 0.717) is 19.5 Å². The zero-order valence-corrected chi connectivity index (χ0v) is 13.1. The monoisotopic (exact) mass is 304 g/mol. The van der Waals surface area contributed by atoms with Crippen LogP contribution in [0.5, 0.6) is 5.75 Å². The van der Waals surface area contributed by atoms with E-state index in [1.165, 1.54) is 12.8 Å². The topological polar surface area (TPSA) is 53.0 Å². The molecule has 1 N–H and O–H groups in total. The highest BCUT2D eigenvalue weighted by molar-refractivity contribution is 5.79. The Labute approximate surface area is 131 Å². The molecule has 0 unspecified atom stereocenters. The number of aliphatic hydroxyl groups excluding tert-OH is 1. The van der Waals surface area contributed by atoms with Gasteiger partial charge in [-0.15, -0.1) is 0 Å². The van der Waals surface area contributed by atoms with Crippen molar-refractivity contribution in [1.29, 1.82) is 0 Å². The number of amides is 1. The molecule has 5 heteroatoms. The minimum absolute atomic E-state index is 0.0778. The van der Waals surface area contributed by atoms with Crippen LogP contribution in [0.4, 0.5) is 0 Å². The van der Waals surface area contributed by atoms with Crippen LogP contribution in [-0.2, 0) is 11.2 Å². The Bertz CT molecular complexity index is 528. The van der Waals surface area contributed by atoms with E-state index in [-0.39, 0.29) is 11.9 Å². The Balaban J connectivity index is 1.60. The summed E-state index contributed by atoms with van der Waals surface area (Å²) in [6.07, 6.45) is 2.32. The first kappa shape index (κ1) is 15.3. The van der Waals surface area contributed by atoms with Crippen LogP contribution in [-0.4, -0.2) is 66.2 Å². The molecule has 3 rings (SSSR count). The average molecular weight is 304 g/mol. The van der Waals surface area contributed by atoms with Crippen molar-refractivity contribution in [3.05, 3.63) is 29.8 Å². The molecule has 2 atom stereocenters. The molecule has 2 fully saturated rings. The number of benzene rings is 1. The maximum absolute atomic E-state index is 12.5. The van der Waals surface area contributed by atoms with Crippen molar-refractivity contribution < 1.29 is 14.6 Å². The molecule has 120 valence electrons. The third-order valence-electron chi connectivity index (χ3n) is 4.71. The van der Waals surface area contributed by atoms with E-state index < -0.39 is 6.10 Å². The highest BCUT2D eigenvalue weighted by Gasteiger charge is 2.38. The van der Waals surface area contributed by atoms with Gasteiger partial charge in [0.1, 0.15) is 5.75 Å². The van der Waals surface area contributed by atoms with Gasteiger partial charge in [0.2, 0.25) is 5.91 Å². The Morgan fingerprint density at radius 2 is 2.09 bits per heavy atom. The van der Waals surface area contributed by atoms with E-state index in [9.17, 15) is 9.90 Å². The molecule has 2 aliphatic rings. The third-order valence-corrected chi connectivity index (χ3v) is 4.71.